The van der Waals surface area contributed by atoms with Gasteiger partial charge in [0.25, 0.3) is 0 Å². The van der Waals surface area contributed by atoms with Crippen molar-refractivity contribution in [2.45, 2.75) is 89.0 Å². The van der Waals surface area contributed by atoms with E-state index < -0.39 is 35.3 Å². The fraction of sp³-hybridized carbons (Fsp3) is 0.556. The molecule has 11 nitrogen and oxygen atoms in total. The number of nitrogens with two attached hydrogens (primary N) is 1. The molecule has 0 spiro atoms. The largest absolute Gasteiger partial charge is 0.394 e. The number of aliphatic hydroxyl groups excluding tert-OH is 2. The number of aliphatic hydroxyl groups is 2. The fourth-order valence-corrected chi connectivity index (χ4v) is 6.40. The topological polar surface area (TPSA) is 181 Å². The summed E-state index contributed by atoms with van der Waals surface area (Å²) in [7, 11) is 4.33. The van der Waals surface area contributed by atoms with Crippen molar-refractivity contribution in [2.24, 2.45) is 5.73 Å². The van der Waals surface area contributed by atoms with E-state index in [2.05, 4.69) is 89.7 Å². The van der Waals surface area contributed by atoms with Gasteiger partial charge in [-0.05, 0) is 58.8 Å². The number of hydrogen-bond donors (Lipinski definition) is 7. The summed E-state index contributed by atoms with van der Waals surface area (Å²) >= 11 is 0. The van der Waals surface area contributed by atoms with E-state index in [1.54, 1.807) is 13.8 Å². The molecule has 0 aromatic carbocycles. The smallest absolute Gasteiger partial charge is 0.244 e. The Morgan fingerprint density at radius 2 is 1.37 bits per heavy atom. The van der Waals surface area contributed by atoms with Crippen molar-refractivity contribution < 1.29 is 24.6 Å². The summed E-state index contributed by atoms with van der Waals surface area (Å²) in [6.45, 7) is 5.30. The minimum absolute atomic E-state index is 0.0362. The van der Waals surface area contributed by atoms with Gasteiger partial charge < -0.3 is 36.8 Å². The molecule has 0 aliphatic rings. The Labute approximate surface area is 302 Å². The minimum Gasteiger partial charge on any atom is -0.394 e. The standard InChI is InChI=1S/C36H60N6O5S2/c1-5-6-7-8-9-10-11-12-13-14-15-16-17-18-19-20-21-22-23-24-31(45)39-25-26-48-49-36(2,3)33(34(47)40-27-30(44)29-43)41-32(46)28-42(4)35(37)38/h6-7,9-10,12-13,15-16,18-19,21-22,30,33,43-44H,5,8,11,14,17,20,23-29H2,1-4H3,(H3,37,38)(H,39,45)(H,40,47)(H,41,46)/b7-6-,10-9-,13-12-,16-15-,19-18-,22-21-. The van der Waals surface area contributed by atoms with Crippen LogP contribution < -0.4 is 21.7 Å². The van der Waals surface area contributed by atoms with Gasteiger partial charge in [0.15, 0.2) is 5.96 Å². The van der Waals surface area contributed by atoms with Crippen LogP contribution in [-0.4, -0.2) is 94.7 Å². The van der Waals surface area contributed by atoms with Gasteiger partial charge in [0.2, 0.25) is 17.7 Å². The Hall–Kier alpha value is -3.26. The molecule has 49 heavy (non-hydrogen) atoms. The molecule has 0 aromatic heterocycles. The summed E-state index contributed by atoms with van der Waals surface area (Å²) in [6, 6.07) is -0.986. The molecule has 0 saturated heterocycles. The van der Waals surface area contributed by atoms with E-state index in [0.717, 1.165) is 38.5 Å². The van der Waals surface area contributed by atoms with Crippen molar-refractivity contribution in [3.05, 3.63) is 72.9 Å². The average molecular weight is 721 g/mol. The maximum Gasteiger partial charge on any atom is 0.244 e. The molecule has 0 aromatic rings. The zero-order chi connectivity index (χ0) is 36.8. The van der Waals surface area contributed by atoms with Crippen molar-refractivity contribution in [1.29, 1.82) is 5.41 Å². The Kier molecular flexibility index (Phi) is 27.7. The third kappa shape index (κ3) is 26.3. The number of nitrogens with zero attached hydrogens (tertiary/aromatic N) is 1. The average Bonchev–Trinajstić information content (AvgIpc) is 3.06. The van der Waals surface area contributed by atoms with Crippen molar-refractivity contribution >= 4 is 45.3 Å². The summed E-state index contributed by atoms with van der Waals surface area (Å²) in [5.41, 5.74) is 5.42. The lowest BCUT2D eigenvalue weighted by molar-refractivity contribution is -0.130. The van der Waals surface area contributed by atoms with Crippen LogP contribution in [0.2, 0.25) is 0 Å². The SMILES string of the molecule is CC/C=C\C/C=C\C/C=C\C/C=C\C/C=C\C/C=C\CCC(=O)NCCSSC(C)(C)C(NC(=O)CN(C)C(=N)N)C(=O)NCC(O)CO. The first-order valence-electron chi connectivity index (χ1n) is 16.8. The first-order valence-corrected chi connectivity index (χ1v) is 19.1. The molecule has 0 rings (SSSR count). The van der Waals surface area contributed by atoms with E-state index in [4.69, 9.17) is 16.2 Å². The number of carbonyl (C=O) groups is 3. The lowest BCUT2D eigenvalue weighted by Gasteiger charge is -2.33. The number of carbonyl (C=O) groups excluding carboxylic acids is 3. The van der Waals surface area contributed by atoms with Gasteiger partial charge in [-0.2, -0.15) is 0 Å². The molecule has 2 atom stereocenters. The highest BCUT2D eigenvalue weighted by Gasteiger charge is 2.37. The summed E-state index contributed by atoms with van der Waals surface area (Å²) in [5, 5.41) is 34.3. The van der Waals surface area contributed by atoms with Gasteiger partial charge in [0, 0.05) is 37.1 Å². The van der Waals surface area contributed by atoms with E-state index >= 15 is 0 Å². The van der Waals surface area contributed by atoms with Crippen molar-refractivity contribution in [1.82, 2.24) is 20.9 Å². The Bertz CT molecular complexity index is 1140. The number of amides is 3. The van der Waals surface area contributed by atoms with Gasteiger partial charge in [-0.25, -0.2) is 0 Å². The van der Waals surface area contributed by atoms with Crippen molar-refractivity contribution in [3.63, 3.8) is 0 Å². The zero-order valence-electron chi connectivity index (χ0n) is 29.7. The Morgan fingerprint density at radius 3 is 1.86 bits per heavy atom. The van der Waals surface area contributed by atoms with E-state index in [1.807, 2.05) is 6.08 Å². The number of rotatable bonds is 27. The molecule has 13 heteroatoms. The van der Waals surface area contributed by atoms with Crippen LogP contribution >= 0.6 is 21.6 Å². The number of guanidine groups is 1. The molecule has 0 aliphatic carbocycles. The maximum absolute atomic E-state index is 13.0. The molecule has 0 aliphatic heterocycles. The number of allylic oxidation sites excluding steroid dienone is 12. The van der Waals surface area contributed by atoms with E-state index in [9.17, 15) is 19.5 Å². The second kappa shape index (κ2) is 29.6. The molecular weight excluding hydrogens is 661 g/mol. The highest BCUT2D eigenvalue weighted by molar-refractivity contribution is 8.77. The molecule has 0 radical (unpaired) electrons. The third-order valence-corrected chi connectivity index (χ3v) is 9.99. The van der Waals surface area contributed by atoms with Crippen LogP contribution in [0.4, 0.5) is 0 Å². The molecular formula is C36H60N6O5S2. The summed E-state index contributed by atoms with van der Waals surface area (Å²) < 4.78 is -0.788. The van der Waals surface area contributed by atoms with Gasteiger partial charge >= 0.3 is 0 Å². The second-order valence-corrected chi connectivity index (χ2v) is 14.7. The quantitative estimate of drug-likeness (QED) is 0.0211. The maximum atomic E-state index is 13.0. The lowest BCUT2D eigenvalue weighted by atomic mass is 10.0. The van der Waals surface area contributed by atoms with Crippen LogP contribution in [0.15, 0.2) is 72.9 Å². The molecule has 0 bridgehead atoms. The number of likely N-dealkylation sites (N-methyl/N-ethyl adjacent to an activating group) is 1. The monoisotopic (exact) mass is 720 g/mol. The normalized spacial score (nSPS) is 13.7. The number of hydrogen-bond acceptors (Lipinski definition) is 8. The first kappa shape index (κ1) is 45.7. The van der Waals surface area contributed by atoms with Crippen LogP contribution in [-0.2, 0) is 14.4 Å². The van der Waals surface area contributed by atoms with E-state index in [0.29, 0.717) is 25.1 Å². The van der Waals surface area contributed by atoms with Gasteiger partial charge in [0.05, 0.1) is 19.3 Å². The molecule has 0 fully saturated rings. The van der Waals surface area contributed by atoms with Gasteiger partial charge in [-0.1, -0.05) is 101 Å². The molecule has 8 N–H and O–H groups in total. The van der Waals surface area contributed by atoms with Crippen LogP contribution in [0.5, 0.6) is 0 Å². The number of nitrogens with one attached hydrogen (secondary N) is 4. The third-order valence-electron chi connectivity index (χ3n) is 6.69. The van der Waals surface area contributed by atoms with Crippen LogP contribution in [0, 0.1) is 5.41 Å². The molecule has 3 amide bonds. The molecule has 276 valence electrons. The lowest BCUT2D eigenvalue weighted by Crippen LogP contribution is -2.58. The fourth-order valence-electron chi connectivity index (χ4n) is 3.86. The highest BCUT2D eigenvalue weighted by atomic mass is 33.1. The Balaban J connectivity index is 4.35. The van der Waals surface area contributed by atoms with Crippen LogP contribution in [0.3, 0.4) is 0 Å². The van der Waals surface area contributed by atoms with E-state index in [1.165, 1.54) is 33.5 Å². The van der Waals surface area contributed by atoms with Crippen LogP contribution in [0.25, 0.3) is 0 Å². The van der Waals surface area contributed by atoms with Crippen molar-refractivity contribution in [3.8, 4) is 0 Å². The van der Waals surface area contributed by atoms with Crippen LogP contribution in [0.1, 0.15) is 72.1 Å². The molecule has 2 unspecified atom stereocenters. The molecule has 0 saturated carbocycles. The summed E-state index contributed by atoms with van der Waals surface area (Å²) in [5.74, 6) is -0.763. The predicted molar refractivity (Wildman–Crippen MR) is 207 cm³/mol. The van der Waals surface area contributed by atoms with Gasteiger partial charge in [-0.15, -0.1) is 0 Å². The zero-order valence-corrected chi connectivity index (χ0v) is 31.4. The van der Waals surface area contributed by atoms with Gasteiger partial charge in [0.1, 0.15) is 6.04 Å². The highest BCUT2D eigenvalue weighted by Crippen LogP contribution is 2.38. The Morgan fingerprint density at radius 1 is 0.857 bits per heavy atom. The van der Waals surface area contributed by atoms with Crippen molar-refractivity contribution in [2.75, 3.05) is 39.0 Å². The summed E-state index contributed by atoms with van der Waals surface area (Å²) in [6.07, 6.45) is 31.4. The summed E-state index contributed by atoms with van der Waals surface area (Å²) in [4.78, 5) is 39.0. The second-order valence-electron chi connectivity index (χ2n) is 11.6. The molecule has 0 heterocycles. The van der Waals surface area contributed by atoms with Gasteiger partial charge in [-0.3, -0.25) is 19.8 Å². The first-order chi connectivity index (χ1) is 23.4. The predicted octanol–water partition coefficient (Wildman–Crippen LogP) is 4.52. The van der Waals surface area contributed by atoms with E-state index in [-0.39, 0.29) is 25.0 Å². The minimum atomic E-state index is -1.13.